The van der Waals surface area contributed by atoms with E-state index in [1.165, 1.54) is 14.2 Å². The molecule has 1 fully saturated rings. The minimum atomic E-state index is -0.925. The smallest absolute Gasteiger partial charge is 0.233 e. The second-order valence-electron chi connectivity index (χ2n) is 10.3. The van der Waals surface area contributed by atoms with Gasteiger partial charge in [0, 0.05) is 13.0 Å². The van der Waals surface area contributed by atoms with Crippen LogP contribution in [0.4, 0.5) is 0 Å². The van der Waals surface area contributed by atoms with Gasteiger partial charge in [-0.05, 0) is 89.2 Å². The number of para-hydroxylation sites is 1. The number of aromatic hydroxyl groups is 1. The summed E-state index contributed by atoms with van der Waals surface area (Å²) in [5.41, 5.74) is 3.33. The number of likely N-dealkylation sites (tertiary alicyclic amines) is 1. The highest BCUT2D eigenvalue weighted by molar-refractivity contribution is 14.1. The Hall–Kier alpha value is -2.89. The highest BCUT2D eigenvalue weighted by Crippen LogP contribution is 2.46. The molecule has 4 rings (SSSR count). The van der Waals surface area contributed by atoms with Crippen molar-refractivity contribution in [3.8, 4) is 17.2 Å². The molecule has 0 spiro atoms. The third kappa shape index (κ3) is 6.21. The molecule has 214 valence electrons. The molecule has 0 saturated carbocycles. The normalized spacial score (nSPS) is 22.0. The second kappa shape index (κ2) is 13.2. The van der Waals surface area contributed by atoms with E-state index in [-0.39, 0.29) is 30.8 Å². The molecule has 8 nitrogen and oxygen atoms in total. The summed E-state index contributed by atoms with van der Waals surface area (Å²) in [5, 5.41) is 32.2. The number of benzene rings is 2. The van der Waals surface area contributed by atoms with Crippen LogP contribution in [0.1, 0.15) is 38.2 Å². The van der Waals surface area contributed by atoms with Gasteiger partial charge in [0.25, 0.3) is 0 Å². The summed E-state index contributed by atoms with van der Waals surface area (Å²) < 4.78 is 12.0. The van der Waals surface area contributed by atoms with Gasteiger partial charge >= 0.3 is 0 Å². The Morgan fingerprint density at radius 2 is 1.93 bits per heavy atom. The fraction of sp³-hybridized carbons (Fsp3) is 0.419. The molecule has 2 aliphatic rings. The molecular formula is C31H36INO7. The van der Waals surface area contributed by atoms with Gasteiger partial charge in [0.05, 0.1) is 35.2 Å². The number of amides is 2. The molecular weight excluding hydrogens is 625 g/mol. The minimum Gasteiger partial charge on any atom is -0.504 e. The number of fused-ring (bicyclic) bond motifs is 1. The number of nitrogens with zero attached hydrogens (tertiary/aromatic N) is 1. The molecule has 40 heavy (non-hydrogen) atoms. The van der Waals surface area contributed by atoms with Crippen LogP contribution in [0.15, 0.2) is 59.2 Å². The predicted molar refractivity (Wildman–Crippen MR) is 160 cm³/mol. The van der Waals surface area contributed by atoms with E-state index in [2.05, 4.69) is 22.6 Å². The standard InChI is InChI=1S/C31H36INO7/c1-4-18(12-19-13-24(32)29(36)26(14-19)39-3)10-11-25(35)27-20(17-40-21-8-6-5-7-9-21)15-22-28(23(27)16-34)31(38)33(2)30(22)37/h5-9,12-14,22-23,25,28,34-36H,4,10-11,15-17H2,1-3H3/b18-12+/t22-,23+,25-,28-/m1/s1. The molecule has 2 amide bonds. The average molecular weight is 662 g/mol. The number of carbonyl (C=O) groups excluding carboxylic acids is 2. The van der Waals surface area contributed by atoms with Gasteiger partial charge < -0.3 is 24.8 Å². The number of ether oxygens (including phenoxy) is 2. The number of allylic oxidation sites excluding steroid dienone is 1. The Balaban J connectivity index is 1.61. The fourth-order valence-corrected chi connectivity index (χ4v) is 6.46. The molecule has 9 heteroatoms. The largest absolute Gasteiger partial charge is 0.504 e. The molecule has 0 unspecified atom stereocenters. The molecule has 2 aromatic carbocycles. The van der Waals surface area contributed by atoms with E-state index in [1.54, 1.807) is 6.07 Å². The summed E-state index contributed by atoms with van der Waals surface area (Å²) in [6, 6.07) is 12.9. The van der Waals surface area contributed by atoms with Crippen LogP contribution in [0.3, 0.4) is 0 Å². The van der Waals surface area contributed by atoms with Crippen molar-refractivity contribution in [3.05, 3.63) is 68.3 Å². The number of hydrogen-bond acceptors (Lipinski definition) is 7. The van der Waals surface area contributed by atoms with Crippen LogP contribution >= 0.6 is 22.6 Å². The van der Waals surface area contributed by atoms with Crippen molar-refractivity contribution in [2.24, 2.45) is 17.8 Å². The van der Waals surface area contributed by atoms with Crippen molar-refractivity contribution in [1.82, 2.24) is 4.90 Å². The van der Waals surface area contributed by atoms with Crippen LogP contribution in [0.5, 0.6) is 17.2 Å². The predicted octanol–water partition coefficient (Wildman–Crippen LogP) is 4.56. The zero-order valence-corrected chi connectivity index (χ0v) is 25.1. The number of rotatable bonds is 11. The van der Waals surface area contributed by atoms with Gasteiger partial charge in [0.2, 0.25) is 11.8 Å². The molecule has 1 saturated heterocycles. The lowest BCUT2D eigenvalue weighted by Crippen LogP contribution is -2.39. The molecule has 4 atom stereocenters. The number of phenolic OH excluding ortho intramolecular Hbond substituents is 1. The highest BCUT2D eigenvalue weighted by Gasteiger charge is 2.53. The van der Waals surface area contributed by atoms with E-state index in [9.17, 15) is 24.9 Å². The Labute approximate surface area is 248 Å². The van der Waals surface area contributed by atoms with E-state index < -0.39 is 23.9 Å². The Morgan fingerprint density at radius 3 is 2.58 bits per heavy atom. The van der Waals surface area contributed by atoms with Crippen molar-refractivity contribution in [3.63, 3.8) is 0 Å². The van der Waals surface area contributed by atoms with Crippen molar-refractivity contribution < 1.29 is 34.4 Å². The molecule has 1 heterocycles. The van der Waals surface area contributed by atoms with Crippen LogP contribution in [0.2, 0.25) is 0 Å². The monoisotopic (exact) mass is 661 g/mol. The number of methoxy groups -OCH3 is 1. The van der Waals surface area contributed by atoms with Crippen molar-refractivity contribution >= 4 is 40.5 Å². The van der Waals surface area contributed by atoms with E-state index in [0.717, 1.165) is 28.0 Å². The van der Waals surface area contributed by atoms with Gasteiger partial charge in [-0.25, -0.2) is 0 Å². The number of hydrogen-bond donors (Lipinski definition) is 3. The Morgan fingerprint density at radius 1 is 1.20 bits per heavy atom. The van der Waals surface area contributed by atoms with Crippen molar-refractivity contribution in [2.45, 2.75) is 38.7 Å². The highest BCUT2D eigenvalue weighted by atomic mass is 127. The van der Waals surface area contributed by atoms with E-state index in [1.807, 2.05) is 49.4 Å². The van der Waals surface area contributed by atoms with Crippen LogP contribution in [0, 0.1) is 21.3 Å². The van der Waals surface area contributed by atoms with Crippen LogP contribution in [-0.4, -0.2) is 65.5 Å². The lowest BCUT2D eigenvalue weighted by molar-refractivity contribution is -0.138. The number of aliphatic hydroxyl groups excluding tert-OH is 2. The second-order valence-corrected chi connectivity index (χ2v) is 11.4. The Kier molecular flexibility index (Phi) is 9.91. The van der Waals surface area contributed by atoms with E-state index >= 15 is 0 Å². The van der Waals surface area contributed by atoms with E-state index in [4.69, 9.17) is 9.47 Å². The molecule has 1 aliphatic carbocycles. The van der Waals surface area contributed by atoms with Gasteiger partial charge in [-0.2, -0.15) is 0 Å². The van der Waals surface area contributed by atoms with Crippen LogP contribution < -0.4 is 9.47 Å². The summed E-state index contributed by atoms with van der Waals surface area (Å²) in [6.07, 6.45) is 3.11. The first-order chi connectivity index (χ1) is 19.2. The van der Waals surface area contributed by atoms with Gasteiger partial charge in [-0.1, -0.05) is 36.8 Å². The lowest BCUT2D eigenvalue weighted by Gasteiger charge is -2.36. The number of halogens is 1. The van der Waals surface area contributed by atoms with Gasteiger partial charge in [-0.15, -0.1) is 0 Å². The van der Waals surface area contributed by atoms with Crippen molar-refractivity contribution in [2.75, 3.05) is 27.4 Å². The summed E-state index contributed by atoms with van der Waals surface area (Å²) in [7, 11) is 2.99. The maximum absolute atomic E-state index is 13.0. The first-order valence-corrected chi connectivity index (χ1v) is 14.5. The summed E-state index contributed by atoms with van der Waals surface area (Å²) in [4.78, 5) is 27.1. The van der Waals surface area contributed by atoms with E-state index in [0.29, 0.717) is 39.9 Å². The van der Waals surface area contributed by atoms with Gasteiger partial charge in [0.15, 0.2) is 11.5 Å². The lowest BCUT2D eigenvalue weighted by atomic mass is 9.68. The molecule has 2 aromatic rings. The number of imide groups is 1. The van der Waals surface area contributed by atoms with Gasteiger partial charge in [0.1, 0.15) is 12.4 Å². The van der Waals surface area contributed by atoms with Crippen LogP contribution in [0.25, 0.3) is 6.08 Å². The average Bonchev–Trinajstić information content (AvgIpc) is 3.18. The maximum atomic E-state index is 13.0. The maximum Gasteiger partial charge on any atom is 0.233 e. The molecule has 0 aromatic heterocycles. The SMILES string of the molecule is CC/C(=C\c1cc(I)c(O)c(OC)c1)CC[C@@H](O)C1=C(COc2ccccc2)C[C@H]2C(=O)N(C)C(=O)[C@H]2[C@H]1CO. The topological polar surface area (TPSA) is 117 Å². The molecule has 3 N–H and O–H groups in total. The third-order valence-electron chi connectivity index (χ3n) is 7.95. The molecule has 0 bridgehead atoms. The fourth-order valence-electron chi connectivity index (χ4n) is 5.83. The number of carbonyl (C=O) groups is 2. The summed E-state index contributed by atoms with van der Waals surface area (Å²) in [5.74, 6) is -1.35. The third-order valence-corrected chi connectivity index (χ3v) is 8.77. The van der Waals surface area contributed by atoms with Crippen LogP contribution in [-0.2, 0) is 9.59 Å². The summed E-state index contributed by atoms with van der Waals surface area (Å²) in [6.45, 7) is 1.85. The zero-order valence-electron chi connectivity index (χ0n) is 23.0. The summed E-state index contributed by atoms with van der Waals surface area (Å²) >= 11 is 2.06. The first kappa shape index (κ1) is 30.1. The molecule has 0 radical (unpaired) electrons. The zero-order chi connectivity index (χ0) is 29.0. The van der Waals surface area contributed by atoms with Crippen molar-refractivity contribution in [1.29, 1.82) is 0 Å². The molecule has 1 aliphatic heterocycles. The first-order valence-electron chi connectivity index (χ1n) is 13.5. The number of aliphatic hydroxyl groups is 2. The number of phenols is 1. The quantitative estimate of drug-likeness (QED) is 0.184. The minimum absolute atomic E-state index is 0.0992. The Bertz CT molecular complexity index is 1310. The van der Waals surface area contributed by atoms with Gasteiger partial charge in [-0.3, -0.25) is 14.5 Å².